The van der Waals surface area contributed by atoms with Crippen molar-refractivity contribution in [3.05, 3.63) is 57.6 Å². The number of ether oxygens (including phenoxy) is 4. The second kappa shape index (κ2) is 13.7. The van der Waals surface area contributed by atoms with Crippen molar-refractivity contribution < 1.29 is 37.7 Å². The Labute approximate surface area is 293 Å². The van der Waals surface area contributed by atoms with E-state index in [1.165, 1.54) is 43.4 Å². The number of aliphatic imine (C=N–C) groups is 1. The summed E-state index contributed by atoms with van der Waals surface area (Å²) in [6.45, 7) is 9.75. The number of halogens is 3. The number of guanidine groups is 1. The number of carbonyl (C=O) groups excluding carboxylic acids is 3. The quantitative estimate of drug-likeness (QED) is 0.240. The number of hydrogen-bond acceptors (Lipinski definition) is 11. The molecule has 0 saturated heterocycles. The highest BCUT2D eigenvalue weighted by Crippen LogP contribution is 2.48. The van der Waals surface area contributed by atoms with Crippen molar-refractivity contribution in [1.29, 1.82) is 0 Å². The number of benzene rings is 2. The molecule has 1 saturated carbocycles. The van der Waals surface area contributed by atoms with Crippen molar-refractivity contribution in [2.24, 2.45) is 10.7 Å². The van der Waals surface area contributed by atoms with Crippen LogP contribution in [0, 0.1) is 5.82 Å². The van der Waals surface area contributed by atoms with E-state index in [0.717, 1.165) is 6.07 Å². The Hall–Kier alpha value is -4.63. The predicted molar refractivity (Wildman–Crippen MR) is 183 cm³/mol. The predicted octanol–water partition coefficient (Wildman–Crippen LogP) is 6.19. The third-order valence-electron chi connectivity index (χ3n) is 6.94. The summed E-state index contributed by atoms with van der Waals surface area (Å²) in [5.74, 6) is -1.18. The molecular formula is C32H40Cl2FN7O7. The number of nitrogens with two attached hydrogens (primary N) is 2. The molecule has 49 heavy (non-hydrogen) atoms. The van der Waals surface area contributed by atoms with Crippen LogP contribution in [0.5, 0.6) is 11.5 Å². The Balaban J connectivity index is 1.97. The fraction of sp³-hybridized carbons (Fsp3) is 0.438. The van der Waals surface area contributed by atoms with E-state index in [-0.39, 0.29) is 50.3 Å². The van der Waals surface area contributed by atoms with Crippen molar-refractivity contribution in [2.75, 3.05) is 24.9 Å². The number of urea groups is 1. The lowest BCUT2D eigenvalue weighted by molar-refractivity contribution is 0.0475. The van der Waals surface area contributed by atoms with Crippen LogP contribution in [-0.2, 0) is 15.1 Å². The van der Waals surface area contributed by atoms with Crippen molar-refractivity contribution in [3.63, 3.8) is 0 Å². The highest BCUT2D eigenvalue weighted by molar-refractivity contribution is 6.43. The topological polar surface area (TPSA) is 183 Å². The van der Waals surface area contributed by atoms with E-state index in [2.05, 4.69) is 15.6 Å². The number of carbonyl (C=O) groups is 3. The van der Waals surface area contributed by atoms with Crippen LogP contribution in [0.4, 0.5) is 30.1 Å². The third-order valence-corrected chi connectivity index (χ3v) is 7.67. The summed E-state index contributed by atoms with van der Waals surface area (Å²) in [5.41, 5.74) is 7.70. The molecule has 1 aliphatic carbocycles. The second-order valence-electron chi connectivity index (χ2n) is 13.2. The number of hydrogen-bond donors (Lipinski definition) is 4. The Bertz CT molecular complexity index is 1670. The molecule has 17 heteroatoms. The zero-order chi connectivity index (χ0) is 36.6. The van der Waals surface area contributed by atoms with Gasteiger partial charge >= 0.3 is 18.2 Å². The zero-order valence-electron chi connectivity index (χ0n) is 28.4. The smallest absolute Gasteiger partial charge is 0.423 e. The molecule has 1 atom stereocenters. The monoisotopic (exact) mass is 723 g/mol. The molecule has 2 aromatic carbocycles. The van der Waals surface area contributed by atoms with Gasteiger partial charge in [0.2, 0.25) is 0 Å². The van der Waals surface area contributed by atoms with Crippen LogP contribution in [0.2, 0.25) is 10.0 Å². The van der Waals surface area contributed by atoms with Gasteiger partial charge in [0.05, 0.1) is 19.8 Å². The van der Waals surface area contributed by atoms with Gasteiger partial charge in [-0.05, 0) is 66.5 Å². The maximum absolute atomic E-state index is 15.7. The summed E-state index contributed by atoms with van der Waals surface area (Å²) in [6, 6.07) is 3.78. The molecule has 1 fully saturated rings. The van der Waals surface area contributed by atoms with Gasteiger partial charge in [0, 0.05) is 23.9 Å². The first-order valence-electron chi connectivity index (χ1n) is 15.1. The van der Waals surface area contributed by atoms with Crippen molar-refractivity contribution in [3.8, 4) is 11.5 Å². The lowest BCUT2D eigenvalue weighted by Crippen LogP contribution is -2.56. The number of imide groups is 1. The summed E-state index contributed by atoms with van der Waals surface area (Å²) in [7, 11) is 2.66. The van der Waals surface area contributed by atoms with Crippen LogP contribution in [0.25, 0.3) is 0 Å². The number of nitrogens with zero attached hydrogens (tertiary/aromatic N) is 3. The first-order valence-corrected chi connectivity index (χ1v) is 15.8. The molecule has 0 bridgehead atoms. The van der Waals surface area contributed by atoms with Crippen molar-refractivity contribution >= 4 is 58.8 Å². The molecule has 0 radical (unpaired) electrons. The van der Waals surface area contributed by atoms with Gasteiger partial charge in [-0.25, -0.2) is 23.8 Å². The van der Waals surface area contributed by atoms with E-state index in [9.17, 15) is 14.4 Å². The van der Waals surface area contributed by atoms with Gasteiger partial charge in [0.1, 0.15) is 50.1 Å². The maximum atomic E-state index is 15.7. The van der Waals surface area contributed by atoms with E-state index >= 15 is 4.39 Å². The zero-order valence-corrected chi connectivity index (χ0v) is 29.9. The number of nitrogens with one attached hydrogen (secondary N) is 2. The number of methoxy groups -OCH3 is 2. The SMILES string of the molecule is COc1cc(OC)c(Cl)c(N(C(=O)OC(C)(C)C)C(=O)N(C2=CC(NC(=O)OC(C)(C)C)(c3c(N)cccc3F)N=C(N)N2)C2CC2)c1Cl. The lowest BCUT2D eigenvalue weighted by Gasteiger charge is -2.38. The molecular weight excluding hydrogens is 684 g/mol. The number of amides is 4. The van der Waals surface area contributed by atoms with Gasteiger partial charge in [-0.3, -0.25) is 10.2 Å². The van der Waals surface area contributed by atoms with Crippen LogP contribution < -0.4 is 36.5 Å². The van der Waals surface area contributed by atoms with Gasteiger partial charge in [-0.2, -0.15) is 4.90 Å². The minimum atomic E-state index is -2.14. The maximum Gasteiger partial charge on any atom is 0.423 e. The molecule has 0 aromatic heterocycles. The molecule has 0 spiro atoms. The summed E-state index contributed by atoms with van der Waals surface area (Å²) >= 11 is 13.4. The molecule has 6 N–H and O–H groups in total. The minimum absolute atomic E-state index is 0.0410. The fourth-order valence-electron chi connectivity index (χ4n) is 4.94. The molecule has 266 valence electrons. The van der Waals surface area contributed by atoms with E-state index in [1.54, 1.807) is 41.5 Å². The van der Waals surface area contributed by atoms with Gasteiger partial charge in [-0.1, -0.05) is 29.3 Å². The highest BCUT2D eigenvalue weighted by atomic mass is 35.5. The van der Waals surface area contributed by atoms with Crippen LogP contribution in [0.3, 0.4) is 0 Å². The highest BCUT2D eigenvalue weighted by Gasteiger charge is 2.47. The number of alkyl carbamates (subject to hydrolysis) is 1. The number of anilines is 2. The van der Waals surface area contributed by atoms with Crippen LogP contribution in [0.1, 0.15) is 59.9 Å². The Morgan fingerprint density at radius 3 is 2.06 bits per heavy atom. The number of nitrogen functional groups attached to an aromatic ring is 1. The average Bonchev–Trinajstić information content (AvgIpc) is 3.78. The Morgan fingerprint density at radius 2 is 1.57 bits per heavy atom. The fourth-order valence-corrected chi connectivity index (χ4v) is 5.61. The van der Waals surface area contributed by atoms with Crippen molar-refractivity contribution in [1.82, 2.24) is 15.5 Å². The summed E-state index contributed by atoms with van der Waals surface area (Å²) in [4.78, 5) is 48.2. The van der Waals surface area contributed by atoms with Gasteiger partial charge in [-0.15, -0.1) is 0 Å². The molecule has 2 aromatic rings. The van der Waals surface area contributed by atoms with Crippen LogP contribution in [-0.4, -0.2) is 60.5 Å². The third kappa shape index (κ3) is 8.16. The molecule has 14 nitrogen and oxygen atoms in total. The average molecular weight is 725 g/mol. The van der Waals surface area contributed by atoms with Crippen molar-refractivity contribution in [2.45, 2.75) is 77.3 Å². The number of rotatable bonds is 7. The van der Waals surface area contributed by atoms with E-state index in [0.29, 0.717) is 17.7 Å². The van der Waals surface area contributed by atoms with Gasteiger partial charge in [0.15, 0.2) is 11.6 Å². The molecule has 4 rings (SSSR count). The summed E-state index contributed by atoms with van der Waals surface area (Å²) in [5, 5.41) is 5.00. The van der Waals surface area contributed by atoms with Gasteiger partial charge < -0.3 is 35.7 Å². The lowest BCUT2D eigenvalue weighted by atomic mass is 9.95. The van der Waals surface area contributed by atoms with E-state index < -0.39 is 46.9 Å². The molecule has 1 aliphatic heterocycles. The molecule has 1 unspecified atom stereocenters. The van der Waals surface area contributed by atoms with Gasteiger partial charge in [0.25, 0.3) is 0 Å². The largest absolute Gasteiger partial charge is 0.495 e. The minimum Gasteiger partial charge on any atom is -0.495 e. The second-order valence-corrected chi connectivity index (χ2v) is 14.0. The van der Waals surface area contributed by atoms with E-state index in [4.69, 9.17) is 53.6 Å². The molecule has 4 amide bonds. The van der Waals surface area contributed by atoms with E-state index in [1.807, 2.05) is 0 Å². The van der Waals surface area contributed by atoms with Crippen LogP contribution >= 0.6 is 23.2 Å². The standard InChI is InChI=1S/C32H40Cl2FN7O7/c1-30(2,3)48-27(43)40-32(22-17(35)10-9-11-18(22)36)15-21(38-26(37)39-32)41(16-12-13-16)28(44)42(29(45)49-31(4,5)6)25-23(33)19(46-7)14-20(47-8)24(25)34/h9-11,14-16H,12-13,36H2,1-8H3,(H,40,43)(H3,37,38,39). The first-order chi connectivity index (χ1) is 22.7. The molecule has 2 aliphatic rings. The Kier molecular flexibility index (Phi) is 10.4. The normalized spacial score (nSPS) is 17.5. The Morgan fingerprint density at radius 1 is 1.00 bits per heavy atom. The summed E-state index contributed by atoms with van der Waals surface area (Å²) in [6.07, 6.45) is 0.0891. The molecule has 1 heterocycles. The summed E-state index contributed by atoms with van der Waals surface area (Å²) < 4.78 is 37.5. The first kappa shape index (κ1) is 37.2. The van der Waals surface area contributed by atoms with Crippen LogP contribution in [0.15, 0.2) is 41.2 Å².